The van der Waals surface area contributed by atoms with Gasteiger partial charge >= 0.3 is 0 Å². The molecule has 14 heavy (non-hydrogen) atoms. The van der Waals surface area contributed by atoms with Gasteiger partial charge in [0.05, 0.1) is 5.75 Å². The topological polar surface area (TPSA) is 94.1 Å². The van der Waals surface area contributed by atoms with Crippen LogP contribution in [0.15, 0.2) is 8.68 Å². The van der Waals surface area contributed by atoms with Crippen LogP contribution in [0.25, 0.3) is 0 Å². The molecule has 0 N–H and O–H groups in total. The van der Waals surface area contributed by atoms with Crippen molar-refractivity contribution < 1.29 is 16.8 Å². The molecule has 0 unspecified atom stereocenters. The number of sulfone groups is 2. The summed E-state index contributed by atoms with van der Waals surface area (Å²) >= 11 is 0.573. The van der Waals surface area contributed by atoms with E-state index in [9.17, 15) is 16.8 Å². The summed E-state index contributed by atoms with van der Waals surface area (Å²) in [6.45, 7) is 1.46. The largest absolute Gasteiger partial charge is 0.233 e. The maximum absolute atomic E-state index is 11.3. The maximum Gasteiger partial charge on any atom is 0.233 e. The summed E-state index contributed by atoms with van der Waals surface area (Å²) in [7, 11) is -6.93. The van der Waals surface area contributed by atoms with Gasteiger partial charge in [0.2, 0.25) is 28.4 Å². The van der Waals surface area contributed by atoms with Gasteiger partial charge in [-0.1, -0.05) is 18.3 Å². The SMILES string of the molecule is CCS(=O)(=O)c1nnc(S(C)(=O)=O)s1. The van der Waals surface area contributed by atoms with Gasteiger partial charge in [-0.3, -0.25) is 0 Å². The summed E-state index contributed by atoms with van der Waals surface area (Å²) in [4.78, 5) is 0. The van der Waals surface area contributed by atoms with Gasteiger partial charge in [-0.15, -0.1) is 10.2 Å². The molecule has 0 amide bonds. The number of hydrogen-bond donors (Lipinski definition) is 0. The van der Waals surface area contributed by atoms with Crippen LogP contribution in [-0.2, 0) is 19.7 Å². The van der Waals surface area contributed by atoms with Gasteiger partial charge in [-0.25, -0.2) is 16.8 Å². The number of aromatic nitrogens is 2. The third-order valence-corrected chi connectivity index (χ3v) is 6.12. The van der Waals surface area contributed by atoms with E-state index < -0.39 is 19.7 Å². The lowest BCUT2D eigenvalue weighted by Crippen LogP contribution is -2.02. The molecule has 0 aliphatic heterocycles. The van der Waals surface area contributed by atoms with Gasteiger partial charge in [0.15, 0.2) is 0 Å². The Morgan fingerprint density at radius 3 is 2.00 bits per heavy atom. The molecule has 0 saturated heterocycles. The first-order chi connectivity index (χ1) is 6.27. The third kappa shape index (κ3) is 2.28. The Bertz CT molecular complexity index is 527. The van der Waals surface area contributed by atoms with Crippen LogP contribution in [0.2, 0.25) is 0 Å². The van der Waals surface area contributed by atoms with Crippen LogP contribution in [0.4, 0.5) is 0 Å². The lowest BCUT2D eigenvalue weighted by molar-refractivity contribution is 0.592. The summed E-state index contributed by atoms with van der Waals surface area (Å²) in [5.41, 5.74) is 0. The zero-order valence-corrected chi connectivity index (χ0v) is 9.91. The third-order valence-electron chi connectivity index (χ3n) is 1.35. The minimum atomic E-state index is -3.47. The van der Waals surface area contributed by atoms with Crippen molar-refractivity contribution in [2.24, 2.45) is 0 Å². The number of rotatable bonds is 3. The van der Waals surface area contributed by atoms with E-state index in [1.54, 1.807) is 0 Å². The smallest absolute Gasteiger partial charge is 0.221 e. The zero-order valence-electron chi connectivity index (χ0n) is 7.46. The fourth-order valence-electron chi connectivity index (χ4n) is 0.596. The van der Waals surface area contributed by atoms with Crippen LogP contribution in [-0.4, -0.2) is 39.0 Å². The first kappa shape index (κ1) is 11.5. The number of nitrogens with zero attached hydrogens (tertiary/aromatic N) is 2. The summed E-state index contributed by atoms with van der Waals surface area (Å²) in [6.07, 6.45) is 0.954. The van der Waals surface area contributed by atoms with Gasteiger partial charge in [0.25, 0.3) is 0 Å². The Morgan fingerprint density at radius 1 is 1.14 bits per heavy atom. The predicted molar refractivity (Wildman–Crippen MR) is 50.7 cm³/mol. The highest BCUT2D eigenvalue weighted by Crippen LogP contribution is 2.20. The van der Waals surface area contributed by atoms with E-state index in [1.807, 2.05) is 0 Å². The quantitative estimate of drug-likeness (QED) is 0.739. The second-order valence-corrected chi connectivity index (χ2v) is 8.13. The molecular weight excluding hydrogens is 248 g/mol. The molecule has 1 heterocycles. The highest BCUT2D eigenvalue weighted by Gasteiger charge is 2.21. The normalized spacial score (nSPS) is 13.0. The van der Waals surface area contributed by atoms with Crippen LogP contribution in [0.3, 0.4) is 0 Å². The van der Waals surface area contributed by atoms with Crippen molar-refractivity contribution in [3.63, 3.8) is 0 Å². The Hall–Kier alpha value is -0.540. The lowest BCUT2D eigenvalue weighted by Gasteiger charge is -1.90. The maximum atomic E-state index is 11.3. The average Bonchev–Trinajstić information content (AvgIpc) is 2.51. The summed E-state index contributed by atoms with van der Waals surface area (Å²) in [5.74, 6) is -0.120. The zero-order chi connectivity index (χ0) is 11.0. The van der Waals surface area contributed by atoms with Gasteiger partial charge < -0.3 is 0 Å². The van der Waals surface area contributed by atoms with E-state index in [-0.39, 0.29) is 14.4 Å². The number of hydrogen-bond acceptors (Lipinski definition) is 7. The van der Waals surface area contributed by atoms with Crippen LogP contribution in [0.1, 0.15) is 6.92 Å². The van der Waals surface area contributed by atoms with E-state index in [1.165, 1.54) is 6.92 Å². The molecular formula is C5H8N2O4S3. The molecule has 0 aliphatic carbocycles. The van der Waals surface area contributed by atoms with Gasteiger partial charge in [0.1, 0.15) is 0 Å². The molecule has 1 aromatic heterocycles. The molecule has 9 heteroatoms. The van der Waals surface area contributed by atoms with Crippen molar-refractivity contribution in [3.8, 4) is 0 Å². The van der Waals surface area contributed by atoms with E-state index in [4.69, 9.17) is 0 Å². The highest BCUT2D eigenvalue weighted by molar-refractivity contribution is 7.95. The van der Waals surface area contributed by atoms with E-state index in [0.717, 1.165) is 6.26 Å². The average molecular weight is 256 g/mol. The fourth-order valence-corrected chi connectivity index (χ4v) is 3.61. The first-order valence-corrected chi connectivity index (χ1v) is 7.89. The van der Waals surface area contributed by atoms with Gasteiger partial charge in [0, 0.05) is 6.26 Å². The Morgan fingerprint density at radius 2 is 1.64 bits per heavy atom. The van der Waals surface area contributed by atoms with Crippen LogP contribution < -0.4 is 0 Å². The standard InChI is InChI=1S/C5H8N2O4S3/c1-3-14(10,11)5-7-6-4(12-5)13(2,8)9/h3H2,1-2H3. The molecule has 1 aromatic rings. The van der Waals surface area contributed by atoms with Crippen LogP contribution >= 0.6 is 11.3 Å². The fraction of sp³-hybridized carbons (Fsp3) is 0.600. The molecule has 1 rings (SSSR count). The molecule has 0 aromatic carbocycles. The van der Waals surface area contributed by atoms with Crippen molar-refractivity contribution in [1.29, 1.82) is 0 Å². The molecule has 0 saturated carbocycles. The summed E-state index contributed by atoms with van der Waals surface area (Å²) in [6, 6.07) is 0. The van der Waals surface area contributed by atoms with Crippen molar-refractivity contribution in [2.75, 3.05) is 12.0 Å². The molecule has 0 fully saturated rings. The van der Waals surface area contributed by atoms with E-state index in [2.05, 4.69) is 10.2 Å². The first-order valence-electron chi connectivity index (χ1n) is 3.53. The van der Waals surface area contributed by atoms with Gasteiger partial charge in [-0.2, -0.15) is 0 Å². The summed E-state index contributed by atoms with van der Waals surface area (Å²) in [5, 5.41) is 6.63. The molecule has 0 spiro atoms. The van der Waals surface area contributed by atoms with Crippen molar-refractivity contribution >= 4 is 31.0 Å². The highest BCUT2D eigenvalue weighted by atomic mass is 32.3. The Kier molecular flexibility index (Phi) is 2.93. The second-order valence-electron chi connectivity index (χ2n) is 2.51. The minimum Gasteiger partial charge on any atom is -0.221 e. The van der Waals surface area contributed by atoms with Gasteiger partial charge in [-0.05, 0) is 0 Å². The molecule has 6 nitrogen and oxygen atoms in total. The van der Waals surface area contributed by atoms with Crippen molar-refractivity contribution in [1.82, 2.24) is 10.2 Å². The lowest BCUT2D eigenvalue weighted by atomic mass is 11.0. The Labute approximate surface area is 85.8 Å². The molecule has 0 atom stereocenters. The summed E-state index contributed by atoms with van der Waals surface area (Å²) < 4.78 is 43.9. The van der Waals surface area contributed by atoms with Crippen molar-refractivity contribution in [3.05, 3.63) is 0 Å². The molecule has 0 aliphatic rings. The van der Waals surface area contributed by atoms with Crippen molar-refractivity contribution in [2.45, 2.75) is 15.6 Å². The molecule has 0 radical (unpaired) electrons. The minimum absolute atomic E-state index is 0.120. The van der Waals surface area contributed by atoms with Crippen LogP contribution in [0, 0.1) is 0 Å². The second kappa shape index (κ2) is 3.55. The van der Waals surface area contributed by atoms with Crippen LogP contribution in [0.5, 0.6) is 0 Å². The monoisotopic (exact) mass is 256 g/mol. The van der Waals surface area contributed by atoms with E-state index >= 15 is 0 Å². The predicted octanol–water partition coefficient (Wildman–Crippen LogP) is -0.265. The molecule has 80 valence electrons. The molecule has 0 bridgehead atoms. The van der Waals surface area contributed by atoms with E-state index in [0.29, 0.717) is 11.3 Å². The Balaban J connectivity index is 3.27.